The topological polar surface area (TPSA) is 45.0 Å². The summed E-state index contributed by atoms with van der Waals surface area (Å²) in [5.74, 6) is 1.11. The highest BCUT2D eigenvalue weighted by atomic mass is 16.4. The molecule has 0 unspecified atom stereocenters. The molecule has 0 aliphatic heterocycles. The van der Waals surface area contributed by atoms with Crippen LogP contribution >= 0.6 is 0 Å². The van der Waals surface area contributed by atoms with E-state index in [1.165, 1.54) is 25.7 Å². The van der Waals surface area contributed by atoms with Crippen LogP contribution < -0.4 is 0 Å². The van der Waals surface area contributed by atoms with Gasteiger partial charge in [-0.05, 0) is 24.8 Å². The third kappa shape index (κ3) is 1.47. The minimum absolute atomic E-state index is 0.490. The van der Waals surface area contributed by atoms with Crippen molar-refractivity contribution in [1.29, 1.82) is 0 Å². The Bertz CT molecular complexity index is 304. The van der Waals surface area contributed by atoms with Crippen molar-refractivity contribution in [3.8, 4) is 0 Å². The standard InChI is InChI=1S/C11H16N2O/c1-12-11-9-5-3-2-4-8(9)6-7-10(11)13-14/h6-9,14H,2-5H2,1H3/b12-11?,13-10+/t8-,9-/m1/s1. The Morgan fingerprint density at radius 1 is 1.36 bits per heavy atom. The molecule has 0 amide bonds. The first-order valence-electron chi connectivity index (χ1n) is 5.24. The smallest absolute Gasteiger partial charge is 0.123 e. The molecular formula is C11H16N2O. The van der Waals surface area contributed by atoms with Crippen LogP contribution in [0.5, 0.6) is 0 Å². The van der Waals surface area contributed by atoms with Gasteiger partial charge in [-0.25, -0.2) is 0 Å². The number of nitrogens with zero attached hydrogens (tertiary/aromatic N) is 2. The number of aliphatic imine (C=N–C) groups is 1. The van der Waals surface area contributed by atoms with Crippen LogP contribution in [0.3, 0.4) is 0 Å². The molecule has 0 saturated heterocycles. The van der Waals surface area contributed by atoms with Crippen LogP contribution in [-0.4, -0.2) is 23.7 Å². The molecule has 0 aromatic heterocycles. The van der Waals surface area contributed by atoms with Gasteiger partial charge >= 0.3 is 0 Å². The van der Waals surface area contributed by atoms with Crippen molar-refractivity contribution in [1.82, 2.24) is 0 Å². The molecule has 2 atom stereocenters. The van der Waals surface area contributed by atoms with Crippen LogP contribution in [0, 0.1) is 11.8 Å². The molecule has 0 bridgehead atoms. The second kappa shape index (κ2) is 3.95. The monoisotopic (exact) mass is 192 g/mol. The van der Waals surface area contributed by atoms with E-state index in [1.54, 1.807) is 7.05 Å². The van der Waals surface area contributed by atoms with Crippen LogP contribution in [0.25, 0.3) is 0 Å². The van der Waals surface area contributed by atoms with Gasteiger partial charge in [0.05, 0.1) is 5.71 Å². The Hall–Kier alpha value is -1.12. The first kappa shape index (κ1) is 9.44. The lowest BCUT2D eigenvalue weighted by atomic mass is 9.72. The molecule has 2 rings (SSSR count). The summed E-state index contributed by atoms with van der Waals surface area (Å²) in [5.41, 5.74) is 1.63. The lowest BCUT2D eigenvalue weighted by Crippen LogP contribution is -2.34. The number of rotatable bonds is 0. The van der Waals surface area contributed by atoms with E-state index in [9.17, 15) is 0 Å². The van der Waals surface area contributed by atoms with Crippen LogP contribution in [0.1, 0.15) is 25.7 Å². The Morgan fingerprint density at radius 2 is 2.14 bits per heavy atom. The van der Waals surface area contributed by atoms with Gasteiger partial charge in [-0.15, -0.1) is 0 Å². The van der Waals surface area contributed by atoms with Crippen molar-refractivity contribution in [2.24, 2.45) is 22.0 Å². The molecule has 1 saturated carbocycles. The zero-order chi connectivity index (χ0) is 9.97. The molecule has 0 heterocycles. The summed E-state index contributed by atoms with van der Waals surface area (Å²) in [6.45, 7) is 0. The highest BCUT2D eigenvalue weighted by molar-refractivity contribution is 6.47. The maximum absolute atomic E-state index is 8.84. The molecule has 0 spiro atoms. The molecule has 0 aromatic rings. The Labute approximate surface area is 84.2 Å². The summed E-state index contributed by atoms with van der Waals surface area (Å²) < 4.78 is 0. The summed E-state index contributed by atoms with van der Waals surface area (Å²) in [5, 5.41) is 12.1. The number of fused-ring (bicyclic) bond motifs is 1. The van der Waals surface area contributed by atoms with Crippen LogP contribution in [0.2, 0.25) is 0 Å². The Kier molecular flexibility index (Phi) is 2.66. The molecule has 1 N–H and O–H groups in total. The second-order valence-electron chi connectivity index (χ2n) is 4.01. The zero-order valence-electron chi connectivity index (χ0n) is 8.48. The minimum atomic E-state index is 0.490. The van der Waals surface area contributed by atoms with Crippen molar-refractivity contribution in [2.45, 2.75) is 25.7 Å². The summed E-state index contributed by atoms with van der Waals surface area (Å²) in [6, 6.07) is 0. The molecule has 2 aliphatic rings. The highest BCUT2D eigenvalue weighted by Crippen LogP contribution is 2.34. The van der Waals surface area contributed by atoms with Crippen LogP contribution in [0.15, 0.2) is 22.3 Å². The van der Waals surface area contributed by atoms with Crippen LogP contribution in [0.4, 0.5) is 0 Å². The summed E-state index contributed by atoms with van der Waals surface area (Å²) in [6.07, 6.45) is 9.09. The molecule has 2 aliphatic carbocycles. The van der Waals surface area contributed by atoms with E-state index in [0.29, 0.717) is 17.5 Å². The van der Waals surface area contributed by atoms with E-state index in [2.05, 4.69) is 16.2 Å². The largest absolute Gasteiger partial charge is 0.410 e. The van der Waals surface area contributed by atoms with Crippen molar-refractivity contribution in [3.63, 3.8) is 0 Å². The first-order valence-corrected chi connectivity index (χ1v) is 5.24. The van der Waals surface area contributed by atoms with Crippen molar-refractivity contribution in [3.05, 3.63) is 12.2 Å². The Morgan fingerprint density at radius 3 is 2.86 bits per heavy atom. The molecule has 0 aromatic carbocycles. The van der Waals surface area contributed by atoms with Gasteiger partial charge in [-0.3, -0.25) is 4.99 Å². The fourth-order valence-electron chi connectivity index (χ4n) is 2.58. The number of allylic oxidation sites excluding steroid dienone is 2. The van der Waals surface area contributed by atoms with Crippen molar-refractivity contribution >= 4 is 11.4 Å². The van der Waals surface area contributed by atoms with Gasteiger partial charge in [-0.2, -0.15) is 0 Å². The van der Waals surface area contributed by atoms with Gasteiger partial charge in [0.25, 0.3) is 0 Å². The molecule has 0 radical (unpaired) electrons. The third-order valence-electron chi connectivity index (χ3n) is 3.28. The van der Waals surface area contributed by atoms with Gasteiger partial charge in [-0.1, -0.05) is 24.1 Å². The Balaban J connectivity index is 2.32. The molecule has 14 heavy (non-hydrogen) atoms. The molecule has 1 fully saturated rings. The molecule has 76 valence electrons. The van der Waals surface area contributed by atoms with E-state index in [1.807, 2.05) is 6.08 Å². The SMILES string of the molecule is CN=C1/C(=N/O)C=C[C@H]2CCCC[C@@H]12. The fraction of sp³-hybridized carbons (Fsp3) is 0.636. The van der Waals surface area contributed by atoms with E-state index in [0.717, 1.165) is 5.71 Å². The maximum Gasteiger partial charge on any atom is 0.123 e. The summed E-state index contributed by atoms with van der Waals surface area (Å²) in [4.78, 5) is 4.26. The van der Waals surface area contributed by atoms with E-state index >= 15 is 0 Å². The quantitative estimate of drug-likeness (QED) is 0.464. The number of hydrogen-bond donors (Lipinski definition) is 1. The van der Waals surface area contributed by atoms with E-state index < -0.39 is 0 Å². The van der Waals surface area contributed by atoms with Gasteiger partial charge in [0.1, 0.15) is 5.71 Å². The normalized spacial score (nSPS) is 37.5. The van der Waals surface area contributed by atoms with Crippen molar-refractivity contribution in [2.75, 3.05) is 7.05 Å². The van der Waals surface area contributed by atoms with Gasteiger partial charge in [0.2, 0.25) is 0 Å². The zero-order valence-corrected chi connectivity index (χ0v) is 8.48. The first-order chi connectivity index (χ1) is 6.86. The van der Waals surface area contributed by atoms with E-state index in [4.69, 9.17) is 5.21 Å². The average Bonchev–Trinajstić information content (AvgIpc) is 2.27. The highest BCUT2D eigenvalue weighted by Gasteiger charge is 2.32. The molecular weight excluding hydrogens is 176 g/mol. The van der Waals surface area contributed by atoms with Crippen molar-refractivity contribution < 1.29 is 5.21 Å². The third-order valence-corrected chi connectivity index (χ3v) is 3.28. The lowest BCUT2D eigenvalue weighted by molar-refractivity contribution is 0.317. The van der Waals surface area contributed by atoms with Crippen LogP contribution in [-0.2, 0) is 0 Å². The summed E-state index contributed by atoms with van der Waals surface area (Å²) in [7, 11) is 1.78. The van der Waals surface area contributed by atoms with Gasteiger partial charge in [0, 0.05) is 13.0 Å². The van der Waals surface area contributed by atoms with Gasteiger partial charge in [0.15, 0.2) is 0 Å². The molecule has 3 nitrogen and oxygen atoms in total. The average molecular weight is 192 g/mol. The maximum atomic E-state index is 8.84. The number of hydrogen-bond acceptors (Lipinski definition) is 3. The summed E-state index contributed by atoms with van der Waals surface area (Å²) >= 11 is 0. The lowest BCUT2D eigenvalue weighted by Gasteiger charge is -2.33. The minimum Gasteiger partial charge on any atom is -0.410 e. The fourth-order valence-corrected chi connectivity index (χ4v) is 2.58. The van der Waals surface area contributed by atoms with Gasteiger partial charge < -0.3 is 5.21 Å². The predicted molar refractivity (Wildman–Crippen MR) is 57.2 cm³/mol. The predicted octanol–water partition coefficient (Wildman–Crippen LogP) is 2.26. The second-order valence-corrected chi connectivity index (χ2v) is 4.01. The number of oxime groups is 1. The molecule has 3 heteroatoms. The van der Waals surface area contributed by atoms with E-state index in [-0.39, 0.29) is 0 Å².